The second-order valence-electron chi connectivity index (χ2n) is 5.35. The van der Waals surface area contributed by atoms with Crippen molar-refractivity contribution in [1.29, 1.82) is 0 Å². The quantitative estimate of drug-likeness (QED) is 0.780. The van der Waals surface area contributed by atoms with E-state index in [2.05, 4.69) is 60.7 Å². The van der Waals surface area contributed by atoms with Gasteiger partial charge in [-0.3, -0.25) is 4.68 Å². The maximum absolute atomic E-state index is 4.38. The summed E-state index contributed by atoms with van der Waals surface area (Å²) in [7, 11) is 1.95. The fourth-order valence-corrected chi connectivity index (χ4v) is 2.38. The Morgan fingerprint density at radius 3 is 2.70 bits per heavy atom. The normalized spacial score (nSPS) is 10.9. The highest BCUT2D eigenvalue weighted by Crippen LogP contribution is 2.18. The molecule has 0 atom stereocenters. The second-order valence-corrected chi connectivity index (χ2v) is 5.35. The second kappa shape index (κ2) is 5.00. The van der Waals surface area contributed by atoms with Crippen LogP contribution < -0.4 is 5.32 Å². The van der Waals surface area contributed by atoms with E-state index in [-0.39, 0.29) is 0 Å². The van der Waals surface area contributed by atoms with E-state index in [1.54, 1.807) is 0 Å². The highest BCUT2D eigenvalue weighted by Gasteiger charge is 2.01. The molecule has 0 saturated heterocycles. The number of benzene rings is 2. The van der Waals surface area contributed by atoms with Crippen LogP contribution in [0.1, 0.15) is 16.7 Å². The average Bonchev–Trinajstić information content (AvgIpc) is 2.79. The minimum Gasteiger partial charge on any atom is -0.381 e. The molecule has 0 aliphatic heterocycles. The summed E-state index contributed by atoms with van der Waals surface area (Å²) >= 11 is 0. The number of anilines is 1. The molecular weight excluding hydrogens is 246 g/mol. The van der Waals surface area contributed by atoms with E-state index in [0.717, 1.165) is 23.1 Å². The summed E-state index contributed by atoms with van der Waals surface area (Å²) in [5.74, 6) is 0. The molecule has 0 amide bonds. The summed E-state index contributed by atoms with van der Waals surface area (Å²) in [6.45, 7) is 5.14. The highest BCUT2D eigenvalue weighted by atomic mass is 15.2. The summed E-state index contributed by atoms with van der Waals surface area (Å²) in [6, 6.07) is 12.9. The first-order chi connectivity index (χ1) is 9.61. The molecule has 0 spiro atoms. The summed E-state index contributed by atoms with van der Waals surface area (Å²) in [6.07, 6.45) is 2.04. The number of aromatic nitrogens is 2. The van der Waals surface area contributed by atoms with Crippen LogP contribution in [0.3, 0.4) is 0 Å². The Hall–Kier alpha value is -2.29. The molecule has 0 bridgehead atoms. The number of nitrogens with one attached hydrogen (secondary N) is 1. The van der Waals surface area contributed by atoms with Crippen molar-refractivity contribution >= 4 is 16.6 Å². The monoisotopic (exact) mass is 265 g/mol. The summed E-state index contributed by atoms with van der Waals surface area (Å²) in [5.41, 5.74) is 6.14. The molecular formula is C17H19N3. The van der Waals surface area contributed by atoms with E-state index in [4.69, 9.17) is 0 Å². The van der Waals surface area contributed by atoms with Crippen molar-refractivity contribution in [2.45, 2.75) is 20.4 Å². The molecule has 0 aliphatic rings. The molecule has 102 valence electrons. The van der Waals surface area contributed by atoms with Gasteiger partial charge in [0.25, 0.3) is 0 Å². The fraction of sp³-hybridized carbons (Fsp3) is 0.235. The molecule has 1 aromatic heterocycles. The van der Waals surface area contributed by atoms with E-state index in [1.807, 2.05) is 17.9 Å². The van der Waals surface area contributed by atoms with Crippen molar-refractivity contribution < 1.29 is 0 Å². The lowest BCUT2D eigenvalue weighted by atomic mass is 10.1. The van der Waals surface area contributed by atoms with Gasteiger partial charge in [-0.1, -0.05) is 18.2 Å². The van der Waals surface area contributed by atoms with Crippen LogP contribution in [0.2, 0.25) is 0 Å². The van der Waals surface area contributed by atoms with Crippen molar-refractivity contribution in [2.75, 3.05) is 5.32 Å². The zero-order chi connectivity index (χ0) is 14.1. The van der Waals surface area contributed by atoms with Gasteiger partial charge in [-0.05, 0) is 48.7 Å². The zero-order valence-electron chi connectivity index (χ0n) is 12.1. The largest absolute Gasteiger partial charge is 0.381 e. The molecule has 0 radical (unpaired) electrons. The first-order valence-corrected chi connectivity index (χ1v) is 6.85. The third-order valence-electron chi connectivity index (χ3n) is 3.69. The number of hydrogen-bond acceptors (Lipinski definition) is 2. The van der Waals surface area contributed by atoms with E-state index >= 15 is 0 Å². The van der Waals surface area contributed by atoms with E-state index in [1.165, 1.54) is 16.7 Å². The molecule has 3 rings (SSSR count). The van der Waals surface area contributed by atoms with Gasteiger partial charge in [0, 0.05) is 30.9 Å². The van der Waals surface area contributed by atoms with E-state index in [0.29, 0.717) is 0 Å². The molecule has 3 nitrogen and oxygen atoms in total. The van der Waals surface area contributed by atoms with Gasteiger partial charge in [-0.25, -0.2) is 0 Å². The van der Waals surface area contributed by atoms with Crippen molar-refractivity contribution in [2.24, 2.45) is 7.05 Å². The molecule has 1 N–H and O–H groups in total. The van der Waals surface area contributed by atoms with Crippen molar-refractivity contribution in [1.82, 2.24) is 9.78 Å². The summed E-state index contributed by atoms with van der Waals surface area (Å²) in [4.78, 5) is 0. The molecule has 0 aliphatic carbocycles. The lowest BCUT2D eigenvalue weighted by molar-refractivity contribution is 0.780. The van der Waals surface area contributed by atoms with Gasteiger partial charge in [0.15, 0.2) is 0 Å². The fourth-order valence-electron chi connectivity index (χ4n) is 2.38. The predicted molar refractivity (Wildman–Crippen MR) is 84.0 cm³/mol. The highest BCUT2D eigenvalue weighted by molar-refractivity contribution is 5.81. The predicted octanol–water partition coefficient (Wildman–Crippen LogP) is 3.80. The molecule has 0 fully saturated rings. The summed E-state index contributed by atoms with van der Waals surface area (Å²) < 4.78 is 1.85. The van der Waals surface area contributed by atoms with Crippen LogP contribution in [-0.2, 0) is 13.6 Å². The van der Waals surface area contributed by atoms with Crippen LogP contribution in [0, 0.1) is 13.8 Å². The third-order valence-corrected chi connectivity index (χ3v) is 3.69. The Morgan fingerprint density at radius 2 is 1.90 bits per heavy atom. The molecule has 2 aromatic carbocycles. The number of nitrogens with zero attached hydrogens (tertiary/aromatic N) is 2. The average molecular weight is 265 g/mol. The number of rotatable bonds is 3. The van der Waals surface area contributed by atoms with E-state index < -0.39 is 0 Å². The number of aryl methyl sites for hydroxylation is 3. The Balaban J connectivity index is 1.77. The van der Waals surface area contributed by atoms with Crippen LogP contribution in [0.4, 0.5) is 5.69 Å². The number of hydrogen-bond donors (Lipinski definition) is 1. The van der Waals surface area contributed by atoms with Crippen LogP contribution in [0.25, 0.3) is 10.9 Å². The minimum atomic E-state index is 0.840. The van der Waals surface area contributed by atoms with Gasteiger partial charge in [0.2, 0.25) is 0 Å². The van der Waals surface area contributed by atoms with Crippen LogP contribution in [-0.4, -0.2) is 9.78 Å². The van der Waals surface area contributed by atoms with Crippen molar-refractivity contribution in [3.8, 4) is 0 Å². The van der Waals surface area contributed by atoms with Crippen molar-refractivity contribution in [3.05, 3.63) is 59.3 Å². The smallest absolute Gasteiger partial charge is 0.0924 e. The van der Waals surface area contributed by atoms with Crippen LogP contribution >= 0.6 is 0 Å². The molecule has 3 heteroatoms. The molecule has 0 unspecified atom stereocenters. The van der Waals surface area contributed by atoms with Gasteiger partial charge in [-0.15, -0.1) is 0 Å². The van der Waals surface area contributed by atoms with Crippen LogP contribution in [0.5, 0.6) is 0 Å². The zero-order valence-corrected chi connectivity index (χ0v) is 12.1. The Labute approximate surface area is 119 Å². The lowest BCUT2D eigenvalue weighted by Crippen LogP contribution is -1.99. The van der Waals surface area contributed by atoms with Gasteiger partial charge in [0.1, 0.15) is 0 Å². The maximum atomic E-state index is 4.38. The Kier molecular flexibility index (Phi) is 3.18. The van der Waals surface area contributed by atoms with Gasteiger partial charge in [0.05, 0.1) is 5.52 Å². The first-order valence-electron chi connectivity index (χ1n) is 6.85. The van der Waals surface area contributed by atoms with Crippen LogP contribution in [0.15, 0.2) is 42.6 Å². The lowest BCUT2D eigenvalue weighted by Gasteiger charge is -2.08. The van der Waals surface area contributed by atoms with Crippen molar-refractivity contribution in [3.63, 3.8) is 0 Å². The van der Waals surface area contributed by atoms with Gasteiger partial charge in [-0.2, -0.15) is 5.10 Å². The number of fused-ring (bicyclic) bond motifs is 1. The minimum absolute atomic E-state index is 0.840. The summed E-state index contributed by atoms with van der Waals surface area (Å²) in [5, 5.41) is 9.02. The Morgan fingerprint density at radius 1 is 1.05 bits per heavy atom. The SMILES string of the molecule is Cc1ccc(CNc2ccc3nn(C)cc3c2)cc1C. The molecule has 3 aromatic rings. The first kappa shape index (κ1) is 12.7. The molecule has 1 heterocycles. The standard InChI is InChI=1S/C17H19N3/c1-12-4-5-14(8-13(12)2)10-18-16-6-7-17-15(9-16)11-20(3)19-17/h4-9,11,18H,10H2,1-3H3. The Bertz CT molecular complexity index is 756. The topological polar surface area (TPSA) is 29.9 Å². The molecule has 0 saturated carbocycles. The maximum Gasteiger partial charge on any atom is 0.0924 e. The third kappa shape index (κ3) is 2.52. The van der Waals surface area contributed by atoms with Gasteiger partial charge >= 0.3 is 0 Å². The van der Waals surface area contributed by atoms with E-state index in [9.17, 15) is 0 Å². The van der Waals surface area contributed by atoms with Gasteiger partial charge < -0.3 is 5.32 Å². The molecule has 20 heavy (non-hydrogen) atoms.